The lowest BCUT2D eigenvalue weighted by molar-refractivity contribution is -0.117. The summed E-state index contributed by atoms with van der Waals surface area (Å²) >= 11 is 5.97. The molecule has 1 saturated heterocycles. The summed E-state index contributed by atoms with van der Waals surface area (Å²) in [6, 6.07) is 9.04. The molecule has 196 valence electrons. The fourth-order valence-corrected chi connectivity index (χ4v) is 4.08. The number of hydrogen-bond acceptors (Lipinski definition) is 7. The van der Waals surface area contributed by atoms with E-state index in [2.05, 4.69) is 25.8 Å². The van der Waals surface area contributed by atoms with Crippen molar-refractivity contribution in [3.05, 3.63) is 59.6 Å². The van der Waals surface area contributed by atoms with Crippen LogP contribution in [0.3, 0.4) is 0 Å². The van der Waals surface area contributed by atoms with Gasteiger partial charge in [-0.3, -0.25) is 14.6 Å². The Morgan fingerprint density at radius 2 is 1.95 bits per heavy atom. The molecule has 4 rings (SSSR count). The minimum atomic E-state index is -3.07. The molecule has 2 aromatic heterocycles. The highest BCUT2D eigenvalue weighted by Gasteiger charge is 2.30. The third kappa shape index (κ3) is 7.34. The fourth-order valence-electron chi connectivity index (χ4n) is 3.91. The van der Waals surface area contributed by atoms with Crippen LogP contribution in [0.4, 0.5) is 34.8 Å². The first-order valence-electron chi connectivity index (χ1n) is 11.5. The Hall–Kier alpha value is -3.35. The minimum Gasteiger partial charge on any atom is -0.354 e. The number of pyridine rings is 1. The second kappa shape index (κ2) is 12.3. The molecule has 0 radical (unpaired) electrons. The topological polar surface area (TPSA) is 86.3 Å². The van der Waals surface area contributed by atoms with E-state index < -0.39 is 18.5 Å². The predicted octanol–water partition coefficient (Wildman–Crippen LogP) is 4.93. The summed E-state index contributed by atoms with van der Waals surface area (Å²) in [5, 5.41) is 14.1. The van der Waals surface area contributed by atoms with E-state index in [-0.39, 0.29) is 36.8 Å². The second-order valence-electron chi connectivity index (χ2n) is 8.44. The standard InChI is InChI=1S/C24H24ClF4N7O/c25-15-2-3-19(26)18(10-15)20-11-17(13-31-34-20)32-16-4-6-30-21(12-16)33-22(37)5-9-35-7-1-8-36(14-35)24(29)23(27)28/h2-4,6,10-13,23-24H,1,5,7-9,14H2,(H2,30,32,33,34,37). The van der Waals surface area contributed by atoms with E-state index in [1.807, 2.05) is 0 Å². The van der Waals surface area contributed by atoms with Crippen LogP contribution in [0.2, 0.25) is 5.02 Å². The maximum Gasteiger partial charge on any atom is 0.282 e. The van der Waals surface area contributed by atoms with E-state index >= 15 is 0 Å². The Kier molecular flexibility index (Phi) is 8.85. The van der Waals surface area contributed by atoms with Crippen molar-refractivity contribution in [2.45, 2.75) is 25.6 Å². The largest absolute Gasteiger partial charge is 0.354 e. The number of nitrogens with one attached hydrogen (secondary N) is 2. The van der Waals surface area contributed by atoms with Gasteiger partial charge in [0.15, 0.2) is 0 Å². The Morgan fingerprint density at radius 3 is 2.76 bits per heavy atom. The van der Waals surface area contributed by atoms with Crippen LogP contribution in [0.1, 0.15) is 12.8 Å². The SMILES string of the molecule is O=C(CCN1CCCN(C(F)C(F)F)C1)Nc1cc(Nc2cnnc(-c3cc(Cl)ccc3F)c2)ccn1. The molecule has 0 spiro atoms. The first-order chi connectivity index (χ1) is 17.8. The van der Waals surface area contributed by atoms with Gasteiger partial charge in [0.25, 0.3) is 6.43 Å². The number of hydrogen-bond donors (Lipinski definition) is 2. The summed E-state index contributed by atoms with van der Waals surface area (Å²) < 4.78 is 53.2. The number of carbonyl (C=O) groups excluding carboxylic acids is 1. The zero-order valence-electron chi connectivity index (χ0n) is 19.6. The van der Waals surface area contributed by atoms with Crippen LogP contribution in [0.25, 0.3) is 11.3 Å². The first-order valence-corrected chi connectivity index (χ1v) is 11.9. The van der Waals surface area contributed by atoms with Gasteiger partial charge in [-0.1, -0.05) is 11.6 Å². The number of rotatable bonds is 9. The molecule has 1 fully saturated rings. The van der Waals surface area contributed by atoms with Gasteiger partial charge in [0.1, 0.15) is 11.6 Å². The molecule has 2 N–H and O–H groups in total. The normalized spacial score (nSPS) is 15.5. The Bertz CT molecular complexity index is 1240. The van der Waals surface area contributed by atoms with E-state index in [9.17, 15) is 22.4 Å². The molecule has 0 saturated carbocycles. The number of aromatic nitrogens is 3. The van der Waals surface area contributed by atoms with Gasteiger partial charge in [-0.05, 0) is 36.8 Å². The molecule has 1 aliphatic heterocycles. The average Bonchev–Trinajstić information content (AvgIpc) is 2.89. The lowest BCUT2D eigenvalue weighted by atomic mass is 10.1. The molecule has 3 heterocycles. The van der Waals surface area contributed by atoms with Crippen molar-refractivity contribution >= 4 is 34.7 Å². The highest BCUT2D eigenvalue weighted by atomic mass is 35.5. The molecule has 1 amide bonds. The van der Waals surface area contributed by atoms with Crippen LogP contribution < -0.4 is 10.6 Å². The summed E-state index contributed by atoms with van der Waals surface area (Å²) in [4.78, 5) is 19.4. The van der Waals surface area contributed by atoms with Gasteiger partial charge < -0.3 is 10.6 Å². The quantitative estimate of drug-likeness (QED) is 0.296. The minimum absolute atomic E-state index is 0.0392. The molecule has 3 aromatic rings. The maximum absolute atomic E-state index is 14.2. The molecular weight excluding hydrogens is 514 g/mol. The van der Waals surface area contributed by atoms with E-state index in [0.29, 0.717) is 41.7 Å². The number of halogens is 5. The lowest BCUT2D eigenvalue weighted by Crippen LogP contribution is -2.50. The lowest BCUT2D eigenvalue weighted by Gasteiger charge is -2.36. The van der Waals surface area contributed by atoms with Crippen molar-refractivity contribution in [2.24, 2.45) is 0 Å². The molecule has 1 aliphatic rings. The molecule has 0 bridgehead atoms. The van der Waals surface area contributed by atoms with Crippen LogP contribution in [-0.2, 0) is 4.79 Å². The van der Waals surface area contributed by atoms with Gasteiger partial charge in [-0.2, -0.15) is 10.2 Å². The summed E-state index contributed by atoms with van der Waals surface area (Å²) in [5.74, 6) is -0.516. The third-order valence-electron chi connectivity index (χ3n) is 5.69. The Morgan fingerprint density at radius 1 is 1.11 bits per heavy atom. The fraction of sp³-hybridized carbons (Fsp3) is 0.333. The highest BCUT2D eigenvalue weighted by Crippen LogP contribution is 2.27. The predicted molar refractivity (Wildman–Crippen MR) is 132 cm³/mol. The van der Waals surface area contributed by atoms with Crippen LogP contribution in [0, 0.1) is 5.82 Å². The van der Waals surface area contributed by atoms with E-state index in [4.69, 9.17) is 11.6 Å². The van der Waals surface area contributed by atoms with Crippen LogP contribution in [-0.4, -0.2) is 69.9 Å². The highest BCUT2D eigenvalue weighted by molar-refractivity contribution is 6.30. The van der Waals surface area contributed by atoms with Crippen LogP contribution >= 0.6 is 11.6 Å². The van der Waals surface area contributed by atoms with Gasteiger partial charge in [0, 0.05) is 54.6 Å². The number of anilines is 3. The van der Waals surface area contributed by atoms with Gasteiger partial charge in [-0.25, -0.2) is 22.5 Å². The zero-order valence-corrected chi connectivity index (χ0v) is 20.3. The van der Waals surface area contributed by atoms with Crippen molar-refractivity contribution in [1.82, 2.24) is 25.0 Å². The van der Waals surface area contributed by atoms with E-state index in [1.165, 1.54) is 30.6 Å². The third-order valence-corrected chi connectivity index (χ3v) is 5.92. The maximum atomic E-state index is 14.2. The summed E-state index contributed by atoms with van der Waals surface area (Å²) in [6.07, 6.45) is -1.79. The van der Waals surface area contributed by atoms with Gasteiger partial charge in [0.2, 0.25) is 12.2 Å². The average molecular weight is 538 g/mol. The number of nitrogens with zero attached hydrogens (tertiary/aromatic N) is 5. The molecular formula is C24H24ClF4N7O. The Balaban J connectivity index is 1.33. The summed E-state index contributed by atoms with van der Waals surface area (Å²) in [6.45, 7) is 1.18. The number of alkyl halides is 3. The summed E-state index contributed by atoms with van der Waals surface area (Å²) in [5.41, 5.74) is 1.61. The second-order valence-corrected chi connectivity index (χ2v) is 8.88. The van der Waals surface area contributed by atoms with E-state index in [1.54, 1.807) is 23.1 Å². The molecule has 8 nitrogen and oxygen atoms in total. The van der Waals surface area contributed by atoms with E-state index in [0.717, 1.165) is 4.90 Å². The molecule has 13 heteroatoms. The zero-order chi connectivity index (χ0) is 26.4. The van der Waals surface area contributed by atoms with Crippen molar-refractivity contribution in [3.8, 4) is 11.3 Å². The van der Waals surface area contributed by atoms with Crippen molar-refractivity contribution in [2.75, 3.05) is 36.9 Å². The molecule has 1 unspecified atom stereocenters. The monoisotopic (exact) mass is 537 g/mol. The number of amides is 1. The van der Waals surface area contributed by atoms with Crippen molar-refractivity contribution in [3.63, 3.8) is 0 Å². The van der Waals surface area contributed by atoms with Crippen LogP contribution in [0.15, 0.2) is 48.8 Å². The smallest absolute Gasteiger partial charge is 0.282 e. The Labute approximate surface area is 215 Å². The molecule has 1 aromatic carbocycles. The van der Waals surface area contributed by atoms with Gasteiger partial charge in [-0.15, -0.1) is 0 Å². The van der Waals surface area contributed by atoms with Crippen molar-refractivity contribution < 1.29 is 22.4 Å². The summed E-state index contributed by atoms with van der Waals surface area (Å²) in [7, 11) is 0. The number of benzene rings is 1. The number of carbonyl (C=O) groups is 1. The molecule has 37 heavy (non-hydrogen) atoms. The first kappa shape index (κ1) is 26.7. The molecule has 0 aliphatic carbocycles. The van der Waals surface area contributed by atoms with Gasteiger partial charge in [0.05, 0.1) is 24.2 Å². The van der Waals surface area contributed by atoms with Gasteiger partial charge >= 0.3 is 0 Å². The van der Waals surface area contributed by atoms with Crippen molar-refractivity contribution in [1.29, 1.82) is 0 Å². The molecule has 1 atom stereocenters. The van der Waals surface area contributed by atoms with Crippen LogP contribution in [0.5, 0.6) is 0 Å².